The van der Waals surface area contributed by atoms with Crippen LogP contribution in [0.15, 0.2) is 6.07 Å². The Balaban J connectivity index is 1.81. The molecule has 0 bridgehead atoms. The number of nitrogens with two attached hydrogens (primary N) is 2. The number of hydrogen-bond acceptors (Lipinski definition) is 4. The topological polar surface area (TPSA) is 94.0 Å². The molecule has 3 rings (SSSR count). The van der Waals surface area contributed by atoms with Crippen LogP contribution in [0.1, 0.15) is 47.3 Å². The lowest BCUT2D eigenvalue weighted by Crippen LogP contribution is -2.32. The number of primary amides is 1. The summed E-state index contributed by atoms with van der Waals surface area (Å²) in [6.45, 7) is 0.650. The molecule has 1 unspecified atom stereocenters. The Labute approximate surface area is 119 Å². The van der Waals surface area contributed by atoms with Gasteiger partial charge in [-0.2, -0.15) is 0 Å². The monoisotopic (exact) mass is 274 g/mol. The highest BCUT2D eigenvalue weighted by Gasteiger charge is 2.28. The van der Waals surface area contributed by atoms with Crippen molar-refractivity contribution in [3.8, 4) is 0 Å². The molecule has 0 aromatic carbocycles. The summed E-state index contributed by atoms with van der Waals surface area (Å²) >= 11 is 0. The van der Waals surface area contributed by atoms with Gasteiger partial charge in [-0.05, 0) is 56.1 Å². The quantitative estimate of drug-likeness (QED) is 0.752. The summed E-state index contributed by atoms with van der Waals surface area (Å²) in [5.41, 5.74) is 14.3. The maximum atomic E-state index is 11.6. The first-order valence-electron chi connectivity index (χ1n) is 7.47. The number of rotatable bonds is 5. The molecule has 1 aromatic heterocycles. The summed E-state index contributed by atoms with van der Waals surface area (Å²) < 4.78 is 0. The molecule has 0 spiro atoms. The first-order valence-corrected chi connectivity index (χ1v) is 7.47. The summed E-state index contributed by atoms with van der Waals surface area (Å²) in [7, 11) is 0. The molecule has 5 heteroatoms. The van der Waals surface area contributed by atoms with Crippen molar-refractivity contribution >= 4 is 11.7 Å². The van der Waals surface area contributed by atoms with Gasteiger partial charge in [-0.15, -0.1) is 0 Å². The summed E-state index contributed by atoms with van der Waals surface area (Å²) in [6, 6.07) is 2.04. The van der Waals surface area contributed by atoms with Crippen LogP contribution < -0.4 is 16.8 Å². The number of pyridine rings is 1. The zero-order chi connectivity index (χ0) is 14.1. The van der Waals surface area contributed by atoms with Crippen LogP contribution in [0.25, 0.3) is 0 Å². The molecule has 0 radical (unpaired) electrons. The van der Waals surface area contributed by atoms with E-state index in [-0.39, 0.29) is 6.04 Å². The van der Waals surface area contributed by atoms with Gasteiger partial charge in [-0.1, -0.05) is 0 Å². The Morgan fingerprint density at radius 2 is 2.15 bits per heavy atom. The van der Waals surface area contributed by atoms with Crippen LogP contribution in [0.4, 0.5) is 5.82 Å². The van der Waals surface area contributed by atoms with Crippen molar-refractivity contribution in [2.45, 2.75) is 44.6 Å². The third-order valence-electron chi connectivity index (χ3n) is 4.30. The highest BCUT2D eigenvalue weighted by molar-refractivity contribution is 5.97. The molecular weight excluding hydrogens is 252 g/mol. The van der Waals surface area contributed by atoms with E-state index in [1.54, 1.807) is 0 Å². The number of hydrogen-bond donors (Lipinski definition) is 3. The highest BCUT2D eigenvalue weighted by atomic mass is 16.1. The molecule has 1 amide bonds. The molecule has 1 atom stereocenters. The van der Waals surface area contributed by atoms with Crippen LogP contribution in [0.3, 0.4) is 0 Å². The van der Waals surface area contributed by atoms with Crippen LogP contribution in [-0.2, 0) is 12.8 Å². The Bertz CT molecular complexity index is 525. The summed E-state index contributed by atoms with van der Waals surface area (Å²) in [5.74, 6) is 0.805. The van der Waals surface area contributed by atoms with Gasteiger partial charge in [-0.25, -0.2) is 4.98 Å². The van der Waals surface area contributed by atoms with Gasteiger partial charge in [-0.3, -0.25) is 4.79 Å². The van der Waals surface area contributed by atoms with E-state index in [0.29, 0.717) is 23.8 Å². The molecule has 1 aromatic rings. The molecule has 0 aliphatic heterocycles. The fraction of sp³-hybridized carbons (Fsp3) is 0.600. The van der Waals surface area contributed by atoms with E-state index in [1.165, 1.54) is 18.4 Å². The van der Waals surface area contributed by atoms with Crippen LogP contribution in [0.5, 0.6) is 0 Å². The number of fused-ring (bicyclic) bond motifs is 1. The lowest BCUT2D eigenvalue weighted by Gasteiger charge is -2.19. The van der Waals surface area contributed by atoms with Crippen molar-refractivity contribution in [2.75, 3.05) is 11.9 Å². The SMILES string of the molecule is NC(=O)c1cc2c(nc1NCC(N)C1CC1)CCCC2. The molecular formula is C15H22N4O. The lowest BCUT2D eigenvalue weighted by atomic mass is 9.94. The van der Waals surface area contributed by atoms with E-state index in [1.807, 2.05) is 6.07 Å². The first-order chi connectivity index (χ1) is 9.65. The standard InChI is InChI=1S/C15H22N4O/c16-12(9-5-6-9)8-18-15-11(14(17)20)7-10-3-1-2-4-13(10)19-15/h7,9,12H,1-6,8,16H2,(H2,17,20)(H,18,19). The van der Waals surface area contributed by atoms with E-state index in [4.69, 9.17) is 11.5 Å². The first kappa shape index (κ1) is 13.4. The third kappa shape index (κ3) is 2.77. The smallest absolute Gasteiger partial charge is 0.252 e. The van der Waals surface area contributed by atoms with Gasteiger partial charge in [0.25, 0.3) is 5.91 Å². The van der Waals surface area contributed by atoms with Crippen LogP contribution in [0.2, 0.25) is 0 Å². The molecule has 2 aliphatic rings. The van der Waals surface area contributed by atoms with Crippen molar-refractivity contribution < 1.29 is 4.79 Å². The minimum absolute atomic E-state index is 0.133. The number of nitrogens with zero attached hydrogens (tertiary/aromatic N) is 1. The lowest BCUT2D eigenvalue weighted by molar-refractivity contribution is 0.100. The Morgan fingerprint density at radius 1 is 1.40 bits per heavy atom. The van der Waals surface area contributed by atoms with Gasteiger partial charge in [0.05, 0.1) is 5.56 Å². The fourth-order valence-corrected chi connectivity index (χ4v) is 2.86. The Hall–Kier alpha value is -1.62. The fourth-order valence-electron chi connectivity index (χ4n) is 2.86. The van der Waals surface area contributed by atoms with E-state index < -0.39 is 5.91 Å². The van der Waals surface area contributed by atoms with Gasteiger partial charge in [0.15, 0.2) is 0 Å². The van der Waals surface area contributed by atoms with Crippen molar-refractivity contribution in [1.82, 2.24) is 4.98 Å². The number of anilines is 1. The van der Waals surface area contributed by atoms with Gasteiger partial charge in [0, 0.05) is 18.3 Å². The molecule has 5 N–H and O–H groups in total. The predicted octanol–water partition coefficient (Wildman–Crippen LogP) is 1.21. The minimum Gasteiger partial charge on any atom is -0.368 e. The number of carbonyl (C=O) groups is 1. The van der Waals surface area contributed by atoms with Gasteiger partial charge < -0.3 is 16.8 Å². The van der Waals surface area contributed by atoms with Crippen LogP contribution in [-0.4, -0.2) is 23.5 Å². The number of aryl methyl sites for hydroxylation is 2. The Morgan fingerprint density at radius 3 is 2.85 bits per heavy atom. The normalized spacial score (nSPS) is 19.2. The summed E-state index contributed by atoms with van der Waals surface area (Å²) in [6.07, 6.45) is 6.72. The maximum Gasteiger partial charge on any atom is 0.252 e. The zero-order valence-electron chi connectivity index (χ0n) is 11.7. The van der Waals surface area contributed by atoms with Gasteiger partial charge >= 0.3 is 0 Å². The van der Waals surface area contributed by atoms with Gasteiger partial charge in [0.1, 0.15) is 5.82 Å². The van der Waals surface area contributed by atoms with Gasteiger partial charge in [0.2, 0.25) is 0 Å². The van der Waals surface area contributed by atoms with Crippen LogP contribution >= 0.6 is 0 Å². The summed E-state index contributed by atoms with van der Waals surface area (Å²) in [4.78, 5) is 16.2. The third-order valence-corrected chi connectivity index (χ3v) is 4.30. The predicted molar refractivity (Wildman–Crippen MR) is 78.6 cm³/mol. The average Bonchev–Trinajstić information content (AvgIpc) is 3.28. The molecule has 0 saturated heterocycles. The van der Waals surface area contributed by atoms with E-state index in [2.05, 4.69) is 10.3 Å². The number of aromatic nitrogens is 1. The second-order valence-corrected chi connectivity index (χ2v) is 5.94. The number of carbonyl (C=O) groups excluding carboxylic acids is 1. The van der Waals surface area contributed by atoms with Crippen LogP contribution in [0, 0.1) is 5.92 Å². The van der Waals surface area contributed by atoms with Crippen molar-refractivity contribution in [2.24, 2.45) is 17.4 Å². The van der Waals surface area contributed by atoms with Crippen molar-refractivity contribution in [1.29, 1.82) is 0 Å². The average molecular weight is 274 g/mol. The summed E-state index contributed by atoms with van der Waals surface area (Å²) in [5, 5.41) is 3.23. The molecule has 2 aliphatic carbocycles. The molecule has 1 heterocycles. The van der Waals surface area contributed by atoms with E-state index in [0.717, 1.165) is 31.4 Å². The second kappa shape index (κ2) is 5.40. The van der Waals surface area contributed by atoms with Crippen molar-refractivity contribution in [3.05, 3.63) is 22.9 Å². The number of amides is 1. The highest BCUT2D eigenvalue weighted by Crippen LogP contribution is 2.32. The molecule has 5 nitrogen and oxygen atoms in total. The van der Waals surface area contributed by atoms with Crippen molar-refractivity contribution in [3.63, 3.8) is 0 Å². The Kier molecular flexibility index (Phi) is 3.61. The molecule has 1 fully saturated rings. The molecule has 20 heavy (non-hydrogen) atoms. The maximum absolute atomic E-state index is 11.6. The molecule has 1 saturated carbocycles. The number of nitrogens with one attached hydrogen (secondary N) is 1. The van der Waals surface area contributed by atoms with E-state index in [9.17, 15) is 4.79 Å². The zero-order valence-corrected chi connectivity index (χ0v) is 11.7. The minimum atomic E-state index is -0.423. The van der Waals surface area contributed by atoms with E-state index >= 15 is 0 Å². The largest absolute Gasteiger partial charge is 0.368 e. The molecule has 108 valence electrons. The second-order valence-electron chi connectivity index (χ2n) is 5.94.